The number of hydrazine groups is 1. The van der Waals surface area contributed by atoms with Gasteiger partial charge in [-0.1, -0.05) is 41.9 Å². The molecule has 162 valence electrons. The molecule has 31 heavy (non-hydrogen) atoms. The van der Waals surface area contributed by atoms with E-state index in [0.29, 0.717) is 17.3 Å². The number of carbonyl (C=O) groups excluding carboxylic acids is 2. The van der Waals surface area contributed by atoms with Crippen LogP contribution in [0.5, 0.6) is 0 Å². The monoisotopic (exact) mass is 439 g/mol. The Bertz CT molecular complexity index is 975. The van der Waals surface area contributed by atoms with Gasteiger partial charge in [-0.3, -0.25) is 19.9 Å². The number of carbonyl (C=O) groups is 2. The quantitative estimate of drug-likeness (QED) is 0.725. The number of aliphatic imine (C=N–C) groups is 1. The minimum atomic E-state index is -0.649. The van der Waals surface area contributed by atoms with Crippen LogP contribution in [0, 0.1) is 0 Å². The van der Waals surface area contributed by atoms with E-state index in [1.807, 2.05) is 42.5 Å². The summed E-state index contributed by atoms with van der Waals surface area (Å²) in [5, 5.41) is 5.05. The summed E-state index contributed by atoms with van der Waals surface area (Å²) in [7, 11) is 0. The van der Waals surface area contributed by atoms with Crippen molar-refractivity contribution in [1.29, 1.82) is 0 Å². The average Bonchev–Trinajstić information content (AvgIpc) is 3.31. The minimum absolute atomic E-state index is 0.0265. The molecule has 2 amide bonds. The third-order valence-corrected chi connectivity index (χ3v) is 5.85. The van der Waals surface area contributed by atoms with Crippen molar-refractivity contribution in [3.05, 3.63) is 65.2 Å². The van der Waals surface area contributed by atoms with Crippen LogP contribution in [0.3, 0.4) is 0 Å². The summed E-state index contributed by atoms with van der Waals surface area (Å²) in [6.07, 6.45) is 2.29. The van der Waals surface area contributed by atoms with E-state index in [-0.39, 0.29) is 23.7 Å². The summed E-state index contributed by atoms with van der Waals surface area (Å²) >= 11 is 6.21. The number of amidine groups is 1. The number of nitrogens with one attached hydrogen (secondary N) is 2. The van der Waals surface area contributed by atoms with Crippen molar-refractivity contribution in [2.24, 2.45) is 4.99 Å². The highest BCUT2D eigenvalue weighted by atomic mass is 35.5. The molecule has 2 unspecified atom stereocenters. The van der Waals surface area contributed by atoms with Gasteiger partial charge >= 0.3 is 0 Å². The maximum absolute atomic E-state index is 13.0. The molecule has 2 aromatic carbocycles. The Morgan fingerprint density at radius 1 is 1.19 bits per heavy atom. The molecule has 8 heteroatoms. The van der Waals surface area contributed by atoms with E-state index in [1.165, 1.54) is 5.01 Å². The van der Waals surface area contributed by atoms with Gasteiger partial charge < -0.3 is 5.32 Å². The Morgan fingerprint density at radius 3 is 2.65 bits per heavy atom. The summed E-state index contributed by atoms with van der Waals surface area (Å²) in [4.78, 5) is 32.1. The van der Waals surface area contributed by atoms with E-state index in [9.17, 15) is 9.59 Å². The molecule has 0 saturated carbocycles. The van der Waals surface area contributed by atoms with Crippen molar-refractivity contribution in [3.8, 4) is 0 Å². The molecule has 2 atom stereocenters. The Balaban J connectivity index is 1.48. The zero-order valence-corrected chi connectivity index (χ0v) is 18.2. The summed E-state index contributed by atoms with van der Waals surface area (Å²) in [5.41, 5.74) is 4.61. The lowest BCUT2D eigenvalue weighted by Gasteiger charge is -2.31. The van der Waals surface area contributed by atoms with Crippen molar-refractivity contribution < 1.29 is 9.59 Å². The first-order valence-electron chi connectivity index (χ1n) is 10.5. The first-order valence-corrected chi connectivity index (χ1v) is 10.9. The summed E-state index contributed by atoms with van der Waals surface area (Å²) < 4.78 is 0. The topological polar surface area (TPSA) is 77.0 Å². The highest BCUT2D eigenvalue weighted by molar-refractivity contribution is 6.39. The molecular weight excluding hydrogens is 414 g/mol. The fourth-order valence-electron chi connectivity index (χ4n) is 4.00. The predicted molar refractivity (Wildman–Crippen MR) is 122 cm³/mol. The van der Waals surface area contributed by atoms with Gasteiger partial charge in [0.05, 0.1) is 11.7 Å². The summed E-state index contributed by atoms with van der Waals surface area (Å²) in [6.45, 7) is 4.08. The number of likely N-dealkylation sites (tertiary alicyclic amines) is 1. The van der Waals surface area contributed by atoms with Crippen molar-refractivity contribution in [3.63, 3.8) is 0 Å². The van der Waals surface area contributed by atoms with Crippen molar-refractivity contribution >= 4 is 34.9 Å². The van der Waals surface area contributed by atoms with Gasteiger partial charge in [-0.15, -0.1) is 0 Å². The maximum atomic E-state index is 13.0. The van der Waals surface area contributed by atoms with Gasteiger partial charge in [0, 0.05) is 11.6 Å². The number of anilines is 1. The Labute approximate surface area is 187 Å². The second kappa shape index (κ2) is 9.49. The zero-order valence-electron chi connectivity index (χ0n) is 17.4. The maximum Gasteiger partial charge on any atom is 0.288 e. The molecule has 2 aromatic rings. The van der Waals surface area contributed by atoms with Crippen molar-refractivity contribution in [2.75, 3.05) is 24.6 Å². The molecule has 1 fully saturated rings. The number of rotatable bonds is 6. The minimum Gasteiger partial charge on any atom is -0.347 e. The third-order valence-electron chi connectivity index (χ3n) is 5.62. The highest BCUT2D eigenvalue weighted by Gasteiger charge is 2.31. The predicted octanol–water partition coefficient (Wildman–Crippen LogP) is 2.93. The van der Waals surface area contributed by atoms with Crippen LogP contribution >= 0.6 is 11.6 Å². The normalized spacial score (nSPS) is 20.2. The summed E-state index contributed by atoms with van der Waals surface area (Å²) in [6, 6.07) is 16.3. The van der Waals surface area contributed by atoms with Gasteiger partial charge in [-0.05, 0) is 62.7 Å². The van der Waals surface area contributed by atoms with Crippen LogP contribution < -0.4 is 15.8 Å². The molecule has 0 radical (unpaired) electrons. The lowest BCUT2D eigenvalue weighted by molar-refractivity contribution is -0.120. The number of halogens is 1. The SMILES string of the molecule is CC1N=C(C(=O)NCC(c2cccc(Cl)c2)N2CCCC2)NN(c2ccccc2)C1=O. The fourth-order valence-corrected chi connectivity index (χ4v) is 4.20. The first-order chi connectivity index (χ1) is 15.0. The first kappa shape index (κ1) is 21.3. The molecule has 0 spiro atoms. The van der Waals surface area contributed by atoms with Crippen molar-refractivity contribution in [2.45, 2.75) is 31.8 Å². The number of para-hydroxylation sites is 1. The smallest absolute Gasteiger partial charge is 0.288 e. The Hall–Kier alpha value is -2.90. The molecule has 0 aromatic heterocycles. The van der Waals surface area contributed by atoms with E-state index in [0.717, 1.165) is 31.5 Å². The van der Waals surface area contributed by atoms with Crippen molar-refractivity contribution in [1.82, 2.24) is 15.6 Å². The van der Waals surface area contributed by atoms with Crippen LogP contribution in [0.25, 0.3) is 0 Å². The lowest BCUT2D eigenvalue weighted by Crippen LogP contribution is -2.58. The molecule has 0 bridgehead atoms. The standard InChI is InChI=1S/C23H26ClN5O2/c1-16-23(31)29(19-10-3-2-4-11-19)27-21(26-16)22(30)25-15-20(28-12-5-6-13-28)17-8-7-9-18(24)14-17/h2-4,7-11,14,16,20H,5-6,12-13,15H2,1H3,(H,25,30)(H,26,27). The number of hydrogen-bond donors (Lipinski definition) is 2. The van der Waals surface area contributed by atoms with Crippen LogP contribution in [0.1, 0.15) is 31.4 Å². The Morgan fingerprint density at radius 2 is 1.94 bits per heavy atom. The van der Waals surface area contributed by atoms with Crippen LogP contribution in [0.2, 0.25) is 5.02 Å². The molecule has 4 rings (SSSR count). The van der Waals surface area contributed by atoms with Crippen LogP contribution in [0.15, 0.2) is 59.6 Å². The van der Waals surface area contributed by atoms with Gasteiger partial charge in [0.2, 0.25) is 5.84 Å². The van der Waals surface area contributed by atoms with Crippen LogP contribution in [-0.2, 0) is 9.59 Å². The number of amides is 2. The second-order valence-electron chi connectivity index (χ2n) is 7.80. The third kappa shape index (κ3) is 4.89. The van der Waals surface area contributed by atoms with E-state index < -0.39 is 6.04 Å². The number of benzene rings is 2. The van der Waals surface area contributed by atoms with Gasteiger partial charge in [0.25, 0.3) is 11.8 Å². The lowest BCUT2D eigenvalue weighted by atomic mass is 10.1. The van der Waals surface area contributed by atoms with E-state index in [4.69, 9.17) is 11.6 Å². The van der Waals surface area contributed by atoms with Gasteiger partial charge in [-0.2, -0.15) is 0 Å². The average molecular weight is 440 g/mol. The molecule has 1 saturated heterocycles. The molecule has 2 N–H and O–H groups in total. The van der Waals surface area contributed by atoms with Crippen LogP contribution in [-0.4, -0.2) is 48.2 Å². The van der Waals surface area contributed by atoms with Crippen LogP contribution in [0.4, 0.5) is 5.69 Å². The molecule has 2 aliphatic heterocycles. The fraction of sp³-hybridized carbons (Fsp3) is 0.348. The second-order valence-corrected chi connectivity index (χ2v) is 8.24. The Kier molecular flexibility index (Phi) is 6.53. The van der Waals surface area contributed by atoms with Gasteiger partial charge in [0.15, 0.2) is 0 Å². The van der Waals surface area contributed by atoms with E-state index >= 15 is 0 Å². The molecule has 7 nitrogen and oxygen atoms in total. The van der Waals surface area contributed by atoms with Gasteiger partial charge in [-0.25, -0.2) is 10.0 Å². The highest BCUT2D eigenvalue weighted by Crippen LogP contribution is 2.26. The molecular formula is C23H26ClN5O2. The zero-order chi connectivity index (χ0) is 21.8. The van der Waals surface area contributed by atoms with Gasteiger partial charge in [0.1, 0.15) is 6.04 Å². The largest absolute Gasteiger partial charge is 0.347 e. The van der Waals surface area contributed by atoms with E-state index in [1.54, 1.807) is 19.1 Å². The van der Waals surface area contributed by atoms with E-state index in [2.05, 4.69) is 20.6 Å². The molecule has 0 aliphatic carbocycles. The molecule has 2 heterocycles. The summed E-state index contributed by atoms with van der Waals surface area (Å²) in [5.74, 6) is -0.426. The number of hydrogen-bond acceptors (Lipinski definition) is 5. The number of nitrogens with zero attached hydrogens (tertiary/aromatic N) is 3. The molecule has 2 aliphatic rings.